The fourth-order valence-electron chi connectivity index (χ4n) is 3.17. The number of carbonyl (C=O) groups excluding carboxylic acids is 1. The first-order valence-corrected chi connectivity index (χ1v) is 7.51. The van der Waals surface area contributed by atoms with Gasteiger partial charge in [-0.05, 0) is 38.4 Å². The van der Waals surface area contributed by atoms with Gasteiger partial charge in [0.15, 0.2) is 0 Å². The number of rotatable bonds is 3. The zero-order valence-corrected chi connectivity index (χ0v) is 12.0. The van der Waals surface area contributed by atoms with Gasteiger partial charge in [0.25, 0.3) is 5.91 Å². The van der Waals surface area contributed by atoms with E-state index in [1.165, 1.54) is 19.4 Å². The highest BCUT2D eigenvalue weighted by atomic mass is 16.2. The van der Waals surface area contributed by atoms with Crippen molar-refractivity contribution in [2.75, 3.05) is 38.0 Å². The molecule has 1 amide bonds. The number of nitrogens with zero attached hydrogens (tertiary/aromatic N) is 3. The van der Waals surface area contributed by atoms with Crippen LogP contribution in [0.25, 0.3) is 0 Å². The topological polar surface area (TPSA) is 48.5 Å². The van der Waals surface area contributed by atoms with Gasteiger partial charge in [0.2, 0.25) is 0 Å². The predicted molar refractivity (Wildman–Crippen MR) is 78.9 cm³/mol. The van der Waals surface area contributed by atoms with Gasteiger partial charge < -0.3 is 10.2 Å². The molecule has 108 valence electrons. The second kappa shape index (κ2) is 5.79. The van der Waals surface area contributed by atoms with E-state index in [2.05, 4.69) is 15.2 Å². The van der Waals surface area contributed by atoms with Gasteiger partial charge in [-0.1, -0.05) is 0 Å². The van der Waals surface area contributed by atoms with E-state index < -0.39 is 0 Å². The zero-order valence-electron chi connectivity index (χ0n) is 12.0. The Morgan fingerprint density at radius 1 is 1.40 bits per heavy atom. The Morgan fingerprint density at radius 2 is 2.30 bits per heavy atom. The largest absolute Gasteiger partial charge is 0.384 e. The molecule has 3 heterocycles. The van der Waals surface area contributed by atoms with Crippen LogP contribution in [-0.2, 0) is 0 Å². The number of piperazine rings is 1. The normalized spacial score (nSPS) is 22.6. The summed E-state index contributed by atoms with van der Waals surface area (Å²) in [5, 5.41) is 3.19. The minimum absolute atomic E-state index is 0.0691. The van der Waals surface area contributed by atoms with Gasteiger partial charge in [0, 0.05) is 32.2 Å². The van der Waals surface area contributed by atoms with Gasteiger partial charge in [-0.25, -0.2) is 4.98 Å². The number of nitrogens with one attached hydrogen (secondary N) is 1. The summed E-state index contributed by atoms with van der Waals surface area (Å²) in [6, 6.07) is 4.31. The van der Waals surface area contributed by atoms with Crippen LogP contribution in [0, 0.1) is 0 Å². The van der Waals surface area contributed by atoms with Crippen LogP contribution in [0.15, 0.2) is 18.3 Å². The maximum absolute atomic E-state index is 12.5. The van der Waals surface area contributed by atoms with Crippen LogP contribution >= 0.6 is 0 Å². The van der Waals surface area contributed by atoms with Crippen LogP contribution in [0.5, 0.6) is 0 Å². The van der Waals surface area contributed by atoms with Crippen molar-refractivity contribution in [2.24, 2.45) is 0 Å². The van der Waals surface area contributed by atoms with E-state index in [-0.39, 0.29) is 5.91 Å². The summed E-state index contributed by atoms with van der Waals surface area (Å²) in [6.07, 6.45) is 4.22. The molecule has 2 saturated heterocycles. The Morgan fingerprint density at radius 3 is 3.05 bits per heavy atom. The van der Waals surface area contributed by atoms with E-state index in [0.29, 0.717) is 11.7 Å². The Hall–Kier alpha value is -1.62. The molecule has 0 aliphatic carbocycles. The number of carbonyl (C=O) groups is 1. The first kappa shape index (κ1) is 13.4. The third kappa shape index (κ3) is 2.63. The molecule has 1 N–H and O–H groups in total. The Kier molecular flexibility index (Phi) is 3.87. The van der Waals surface area contributed by atoms with E-state index in [1.54, 1.807) is 6.20 Å². The standard InChI is InChI=1S/C15H22N4O/c1-2-16-12-5-6-14(17-10-12)15(20)19-9-8-18-7-3-4-13(18)11-19/h5-6,10,13,16H,2-4,7-9,11H2,1H3. The van der Waals surface area contributed by atoms with Crippen LogP contribution in [0.2, 0.25) is 0 Å². The lowest BCUT2D eigenvalue weighted by Gasteiger charge is -2.37. The monoisotopic (exact) mass is 274 g/mol. The minimum Gasteiger partial charge on any atom is -0.384 e. The first-order chi connectivity index (χ1) is 9.78. The van der Waals surface area contributed by atoms with Gasteiger partial charge >= 0.3 is 0 Å². The van der Waals surface area contributed by atoms with Gasteiger partial charge in [0.1, 0.15) is 5.69 Å². The molecule has 1 aromatic rings. The molecule has 2 aliphatic rings. The highest BCUT2D eigenvalue weighted by Crippen LogP contribution is 2.22. The number of aromatic nitrogens is 1. The van der Waals surface area contributed by atoms with Gasteiger partial charge in [-0.3, -0.25) is 9.69 Å². The molecule has 1 unspecified atom stereocenters. The van der Waals surface area contributed by atoms with E-state index in [4.69, 9.17) is 0 Å². The lowest BCUT2D eigenvalue weighted by molar-refractivity contribution is 0.0566. The van der Waals surface area contributed by atoms with Crippen molar-refractivity contribution in [3.05, 3.63) is 24.0 Å². The average molecular weight is 274 g/mol. The second-order valence-corrected chi connectivity index (χ2v) is 5.55. The van der Waals surface area contributed by atoms with Crippen LogP contribution in [0.4, 0.5) is 5.69 Å². The van der Waals surface area contributed by atoms with Crippen LogP contribution in [-0.4, -0.2) is 59.5 Å². The number of amides is 1. The molecule has 5 heteroatoms. The van der Waals surface area contributed by atoms with Crippen molar-refractivity contribution < 1.29 is 4.79 Å². The van der Waals surface area contributed by atoms with Crippen LogP contribution in [0.3, 0.4) is 0 Å². The van der Waals surface area contributed by atoms with Gasteiger partial charge in [-0.2, -0.15) is 0 Å². The SMILES string of the molecule is CCNc1ccc(C(=O)N2CCN3CCCC3C2)nc1. The van der Waals surface area contributed by atoms with Gasteiger partial charge in [0.05, 0.1) is 11.9 Å². The summed E-state index contributed by atoms with van der Waals surface area (Å²) in [7, 11) is 0. The highest BCUT2D eigenvalue weighted by molar-refractivity contribution is 5.92. The summed E-state index contributed by atoms with van der Waals surface area (Å²) >= 11 is 0. The Bertz CT molecular complexity index is 473. The van der Waals surface area contributed by atoms with Crippen LogP contribution < -0.4 is 5.32 Å². The molecule has 1 atom stereocenters. The van der Waals surface area contributed by atoms with Gasteiger partial charge in [-0.15, -0.1) is 0 Å². The average Bonchev–Trinajstić information content (AvgIpc) is 2.95. The molecule has 5 nitrogen and oxygen atoms in total. The number of hydrogen-bond donors (Lipinski definition) is 1. The second-order valence-electron chi connectivity index (χ2n) is 5.55. The molecular formula is C15H22N4O. The molecule has 2 fully saturated rings. The van der Waals surface area contributed by atoms with Crippen molar-refractivity contribution in [3.63, 3.8) is 0 Å². The molecule has 20 heavy (non-hydrogen) atoms. The van der Waals surface area contributed by atoms with Crippen molar-refractivity contribution in [3.8, 4) is 0 Å². The van der Waals surface area contributed by atoms with Crippen molar-refractivity contribution in [1.82, 2.24) is 14.8 Å². The van der Waals surface area contributed by atoms with Crippen molar-refractivity contribution >= 4 is 11.6 Å². The van der Waals surface area contributed by atoms with Crippen LogP contribution in [0.1, 0.15) is 30.3 Å². The fourth-order valence-corrected chi connectivity index (χ4v) is 3.17. The number of pyridine rings is 1. The summed E-state index contributed by atoms with van der Waals surface area (Å²) < 4.78 is 0. The summed E-state index contributed by atoms with van der Waals surface area (Å²) in [5.74, 6) is 0.0691. The third-order valence-corrected chi connectivity index (χ3v) is 4.24. The summed E-state index contributed by atoms with van der Waals surface area (Å²) in [6.45, 7) is 6.79. The summed E-state index contributed by atoms with van der Waals surface area (Å²) in [5.41, 5.74) is 1.52. The molecule has 0 radical (unpaired) electrons. The minimum atomic E-state index is 0.0691. The molecule has 1 aromatic heterocycles. The highest BCUT2D eigenvalue weighted by Gasteiger charge is 2.32. The molecule has 0 spiro atoms. The molecule has 0 aromatic carbocycles. The lowest BCUT2D eigenvalue weighted by Crippen LogP contribution is -2.52. The third-order valence-electron chi connectivity index (χ3n) is 4.24. The fraction of sp³-hybridized carbons (Fsp3) is 0.600. The first-order valence-electron chi connectivity index (χ1n) is 7.51. The molecular weight excluding hydrogens is 252 g/mol. The Balaban J connectivity index is 1.66. The summed E-state index contributed by atoms with van der Waals surface area (Å²) in [4.78, 5) is 21.2. The van der Waals surface area contributed by atoms with Crippen molar-refractivity contribution in [2.45, 2.75) is 25.8 Å². The van der Waals surface area contributed by atoms with Crippen molar-refractivity contribution in [1.29, 1.82) is 0 Å². The number of anilines is 1. The van der Waals surface area contributed by atoms with E-state index in [1.807, 2.05) is 24.0 Å². The maximum atomic E-state index is 12.5. The lowest BCUT2D eigenvalue weighted by atomic mass is 10.1. The maximum Gasteiger partial charge on any atom is 0.272 e. The molecule has 0 bridgehead atoms. The molecule has 0 saturated carbocycles. The smallest absolute Gasteiger partial charge is 0.272 e. The van der Waals surface area contributed by atoms with E-state index >= 15 is 0 Å². The van der Waals surface area contributed by atoms with E-state index in [9.17, 15) is 4.79 Å². The quantitative estimate of drug-likeness (QED) is 0.906. The number of hydrogen-bond acceptors (Lipinski definition) is 4. The van der Waals surface area contributed by atoms with E-state index in [0.717, 1.165) is 31.9 Å². The zero-order chi connectivity index (χ0) is 13.9. The predicted octanol–water partition coefficient (Wildman–Crippen LogP) is 1.43. The molecule has 2 aliphatic heterocycles. The molecule has 3 rings (SSSR count). The Labute approximate surface area is 120 Å². The number of fused-ring (bicyclic) bond motifs is 1.